The molecule has 3 aromatic rings. The molecule has 3 heterocycles. The van der Waals surface area contributed by atoms with Gasteiger partial charge in [0.25, 0.3) is 5.91 Å². The normalized spacial score (nSPS) is 19.4. The van der Waals surface area contributed by atoms with E-state index in [4.69, 9.17) is 11.6 Å². The Bertz CT molecular complexity index is 1430. The molecule has 3 amide bonds. The number of halogens is 2. The predicted molar refractivity (Wildman–Crippen MR) is 167 cm³/mol. The maximum Gasteiger partial charge on any atom is 0.325 e. The van der Waals surface area contributed by atoms with Crippen LogP contribution in [0, 0.1) is 11.7 Å². The van der Waals surface area contributed by atoms with Crippen LogP contribution < -0.4 is 10.2 Å². The minimum atomic E-state index is -0.404. The topological polar surface area (TPSA) is 55.9 Å². The van der Waals surface area contributed by atoms with Crippen molar-refractivity contribution >= 4 is 41.0 Å². The van der Waals surface area contributed by atoms with Crippen molar-refractivity contribution < 1.29 is 14.0 Å². The zero-order valence-electron chi connectivity index (χ0n) is 23.6. The third-order valence-corrected chi connectivity index (χ3v) is 10.3. The summed E-state index contributed by atoms with van der Waals surface area (Å²) in [5.74, 6) is 0.140. The summed E-state index contributed by atoms with van der Waals surface area (Å²) in [5, 5.41) is 3.52. The van der Waals surface area contributed by atoms with Gasteiger partial charge >= 0.3 is 6.03 Å². The first-order valence-electron chi connectivity index (χ1n) is 14.8. The lowest BCUT2D eigenvalue weighted by Gasteiger charge is -2.32. The largest absolute Gasteiger partial charge is 0.351 e. The Kier molecular flexibility index (Phi) is 9.03. The fraction of sp³-hybridized carbons (Fsp3) is 0.394. The van der Waals surface area contributed by atoms with Crippen LogP contribution >= 0.6 is 23.4 Å². The van der Waals surface area contributed by atoms with Gasteiger partial charge in [-0.05, 0) is 98.6 Å². The predicted octanol–water partition coefficient (Wildman–Crippen LogP) is 6.82. The molecule has 0 aliphatic carbocycles. The molecule has 6 nitrogen and oxygen atoms in total. The minimum Gasteiger partial charge on any atom is -0.351 e. The molecule has 3 aliphatic rings. The molecule has 42 heavy (non-hydrogen) atoms. The summed E-state index contributed by atoms with van der Waals surface area (Å²) in [7, 11) is 0. The number of likely N-dealkylation sites (tertiary alicyclic amines) is 1. The molecule has 0 spiro atoms. The van der Waals surface area contributed by atoms with E-state index in [1.165, 1.54) is 36.6 Å². The lowest BCUT2D eigenvalue weighted by molar-refractivity contribution is 0.0943. The van der Waals surface area contributed by atoms with Gasteiger partial charge in [-0.2, -0.15) is 0 Å². The molecule has 0 radical (unpaired) electrons. The van der Waals surface area contributed by atoms with Crippen LogP contribution in [0.1, 0.15) is 47.2 Å². The number of hydrogen-bond donors (Lipinski definition) is 1. The summed E-state index contributed by atoms with van der Waals surface area (Å²) >= 11 is 8.05. The number of rotatable bonds is 8. The molecule has 3 aromatic carbocycles. The third kappa shape index (κ3) is 6.61. The van der Waals surface area contributed by atoms with Gasteiger partial charge in [-0.3, -0.25) is 9.69 Å². The maximum absolute atomic E-state index is 14.1. The molecular weight excluding hydrogens is 571 g/mol. The molecule has 0 aromatic heterocycles. The Labute approximate surface area is 256 Å². The molecule has 220 valence electrons. The zero-order valence-corrected chi connectivity index (χ0v) is 25.2. The van der Waals surface area contributed by atoms with E-state index in [1.54, 1.807) is 22.7 Å². The highest BCUT2D eigenvalue weighted by Gasteiger charge is 2.38. The second-order valence-electron chi connectivity index (χ2n) is 11.4. The molecule has 2 saturated heterocycles. The number of nitrogens with one attached hydrogen (secondary N) is 1. The summed E-state index contributed by atoms with van der Waals surface area (Å²) in [4.78, 5) is 33.8. The highest BCUT2D eigenvalue weighted by atomic mass is 35.5. The van der Waals surface area contributed by atoms with Crippen molar-refractivity contribution in [2.75, 3.05) is 37.6 Å². The van der Waals surface area contributed by atoms with Crippen LogP contribution in [0.3, 0.4) is 0 Å². The van der Waals surface area contributed by atoms with Crippen LogP contribution in [0.5, 0.6) is 0 Å². The van der Waals surface area contributed by atoms with Crippen molar-refractivity contribution in [2.24, 2.45) is 5.92 Å². The fourth-order valence-electron chi connectivity index (χ4n) is 6.23. The van der Waals surface area contributed by atoms with E-state index in [0.29, 0.717) is 40.8 Å². The van der Waals surface area contributed by atoms with Crippen LogP contribution in [0.2, 0.25) is 5.02 Å². The Morgan fingerprint density at radius 2 is 1.81 bits per heavy atom. The van der Waals surface area contributed by atoms with Gasteiger partial charge < -0.3 is 15.1 Å². The standard InChI is InChI=1S/C33H36ClFN4O2S/c34-28-10-9-27(35)20-26(28)22-39-29-21-25(8-11-30(29)42-31-7-4-15-38(31)33(39)41)32(40)36-14-18-37-16-12-24(13-17-37)19-23-5-2-1-3-6-23/h1-3,5-6,8-11,20-21,24,31H,4,7,12-19,22H2,(H,36,40)/t31-/m0/s1. The Morgan fingerprint density at radius 1 is 1.00 bits per heavy atom. The highest BCUT2D eigenvalue weighted by Crippen LogP contribution is 2.43. The van der Waals surface area contributed by atoms with Gasteiger partial charge in [0.1, 0.15) is 5.82 Å². The first kappa shape index (κ1) is 29.0. The monoisotopic (exact) mass is 606 g/mol. The number of carbonyl (C=O) groups is 2. The van der Waals surface area contributed by atoms with Crippen molar-refractivity contribution in [3.8, 4) is 0 Å². The first-order valence-corrected chi connectivity index (χ1v) is 16.1. The Hall–Kier alpha value is -3.07. The van der Waals surface area contributed by atoms with E-state index in [0.717, 1.165) is 43.8 Å². The van der Waals surface area contributed by atoms with E-state index < -0.39 is 5.82 Å². The van der Waals surface area contributed by atoms with Crippen molar-refractivity contribution in [1.82, 2.24) is 15.1 Å². The van der Waals surface area contributed by atoms with Crippen LogP contribution in [0.4, 0.5) is 14.9 Å². The lowest BCUT2D eigenvalue weighted by atomic mass is 9.90. The Balaban J connectivity index is 1.10. The fourth-order valence-corrected chi connectivity index (χ4v) is 7.74. The summed E-state index contributed by atoms with van der Waals surface area (Å²) in [5.41, 5.74) is 3.09. The number of urea groups is 1. The molecule has 0 unspecified atom stereocenters. The number of piperidine rings is 1. The maximum atomic E-state index is 14.1. The van der Waals surface area contributed by atoms with Crippen molar-refractivity contribution in [1.29, 1.82) is 0 Å². The number of benzene rings is 3. The van der Waals surface area contributed by atoms with Crippen LogP contribution in [-0.4, -0.2) is 59.8 Å². The molecule has 6 rings (SSSR count). The molecule has 0 saturated carbocycles. The van der Waals surface area contributed by atoms with Crippen molar-refractivity contribution in [3.63, 3.8) is 0 Å². The summed E-state index contributed by atoms with van der Waals surface area (Å²) < 4.78 is 14.1. The van der Waals surface area contributed by atoms with E-state index in [2.05, 4.69) is 40.5 Å². The molecular formula is C33H36ClFN4O2S. The number of thioether (sulfide) groups is 1. The van der Waals surface area contributed by atoms with Crippen molar-refractivity contribution in [3.05, 3.63) is 94.3 Å². The van der Waals surface area contributed by atoms with Gasteiger partial charge in [0, 0.05) is 35.1 Å². The van der Waals surface area contributed by atoms with E-state index in [1.807, 2.05) is 17.0 Å². The number of anilines is 1. The number of fused-ring (bicyclic) bond motifs is 2. The van der Waals surface area contributed by atoms with Gasteiger partial charge in [0.15, 0.2) is 0 Å². The molecule has 3 aliphatic heterocycles. The molecule has 1 atom stereocenters. The second kappa shape index (κ2) is 13.1. The summed E-state index contributed by atoms with van der Waals surface area (Å²) in [6.45, 7) is 4.25. The lowest BCUT2D eigenvalue weighted by Crippen LogP contribution is -2.43. The molecule has 2 fully saturated rings. The minimum absolute atomic E-state index is 0.0424. The number of amides is 3. The average Bonchev–Trinajstić information content (AvgIpc) is 3.43. The first-order chi connectivity index (χ1) is 20.4. The van der Waals surface area contributed by atoms with E-state index in [9.17, 15) is 14.0 Å². The quantitative estimate of drug-likeness (QED) is 0.306. The van der Waals surface area contributed by atoms with Crippen LogP contribution in [0.25, 0.3) is 0 Å². The van der Waals surface area contributed by atoms with Crippen LogP contribution in [0.15, 0.2) is 71.6 Å². The molecule has 9 heteroatoms. The number of hydrogen-bond acceptors (Lipinski definition) is 4. The number of carbonyl (C=O) groups excluding carboxylic acids is 2. The van der Waals surface area contributed by atoms with Gasteiger partial charge in [-0.25, -0.2) is 9.18 Å². The van der Waals surface area contributed by atoms with Crippen LogP contribution in [-0.2, 0) is 13.0 Å². The van der Waals surface area contributed by atoms with Gasteiger partial charge in [0.2, 0.25) is 0 Å². The van der Waals surface area contributed by atoms with E-state index in [-0.39, 0.29) is 23.9 Å². The van der Waals surface area contributed by atoms with Gasteiger partial charge in [0.05, 0.1) is 17.6 Å². The summed E-state index contributed by atoms with van der Waals surface area (Å²) in [6, 6.07) is 20.3. The molecule has 0 bridgehead atoms. The van der Waals surface area contributed by atoms with Crippen molar-refractivity contribution in [2.45, 2.75) is 48.9 Å². The summed E-state index contributed by atoms with van der Waals surface area (Å²) in [6.07, 6.45) is 5.32. The smallest absolute Gasteiger partial charge is 0.325 e. The highest BCUT2D eigenvalue weighted by molar-refractivity contribution is 8.00. The molecule has 1 N–H and O–H groups in total. The zero-order chi connectivity index (χ0) is 29.1. The second-order valence-corrected chi connectivity index (χ2v) is 13.1. The van der Waals surface area contributed by atoms with Gasteiger partial charge in [-0.1, -0.05) is 53.7 Å². The average molecular weight is 607 g/mol. The van der Waals surface area contributed by atoms with Gasteiger partial charge in [-0.15, -0.1) is 0 Å². The third-order valence-electron chi connectivity index (χ3n) is 8.57. The number of nitrogens with zero attached hydrogens (tertiary/aromatic N) is 3. The Morgan fingerprint density at radius 3 is 2.62 bits per heavy atom. The van der Waals surface area contributed by atoms with E-state index >= 15 is 0 Å². The SMILES string of the molecule is O=C(NCCN1CCC(Cc2ccccc2)CC1)c1ccc2c(c1)N(Cc1cc(F)ccc1Cl)C(=O)N1CCC[C@@H]1S2.